The second-order valence-electron chi connectivity index (χ2n) is 20.3. The van der Waals surface area contributed by atoms with E-state index < -0.39 is 0 Å². The first-order chi connectivity index (χ1) is 27.3. The van der Waals surface area contributed by atoms with Crippen LogP contribution in [0.4, 0.5) is 0 Å². The maximum atomic E-state index is 3.36. The molecule has 2 heteroatoms. The van der Waals surface area contributed by atoms with Gasteiger partial charge in [-0.25, -0.2) is 0 Å². The fourth-order valence-corrected chi connectivity index (χ4v) is 8.16. The summed E-state index contributed by atoms with van der Waals surface area (Å²) in [7, 11) is 0. The van der Waals surface area contributed by atoms with Gasteiger partial charge in [0.1, 0.15) is 0 Å². The minimum absolute atomic E-state index is 0.0734. The molecule has 0 atom stereocenters. The number of allylic oxidation sites excluding steroid dienone is 1. The predicted molar refractivity (Wildman–Crippen MR) is 252 cm³/mol. The second-order valence-corrected chi connectivity index (χ2v) is 20.3. The van der Waals surface area contributed by atoms with E-state index >= 15 is 0 Å². The molecule has 0 aliphatic heterocycles. The Morgan fingerprint density at radius 1 is 0.379 bits per heavy atom. The molecule has 2 heterocycles. The maximum Gasteiger partial charge on any atom is 0.0541 e. The Balaban J connectivity index is 1.07. The normalized spacial score (nSPS) is 13.0. The van der Waals surface area contributed by atoms with Crippen LogP contribution in [0.3, 0.4) is 0 Å². The summed E-state index contributed by atoms with van der Waals surface area (Å²) in [6.45, 7) is 27.5. The molecule has 0 bridgehead atoms. The largest absolute Gasteiger partial charge is 0.309 e. The number of rotatable bonds is 3. The van der Waals surface area contributed by atoms with E-state index in [-0.39, 0.29) is 21.7 Å². The quantitative estimate of drug-likeness (QED) is 0.159. The van der Waals surface area contributed by atoms with Gasteiger partial charge in [0.2, 0.25) is 0 Å². The molecule has 0 amide bonds. The van der Waals surface area contributed by atoms with Gasteiger partial charge < -0.3 is 9.13 Å². The summed E-state index contributed by atoms with van der Waals surface area (Å²) in [5, 5.41) is 5.21. The summed E-state index contributed by atoms with van der Waals surface area (Å²) in [4.78, 5) is 0. The number of fused-ring (bicyclic) bond motifs is 6. The van der Waals surface area contributed by atoms with Gasteiger partial charge in [0.25, 0.3) is 0 Å². The minimum Gasteiger partial charge on any atom is -0.309 e. The van der Waals surface area contributed by atoms with Crippen LogP contribution in [0.15, 0.2) is 127 Å². The Morgan fingerprint density at radius 2 is 0.690 bits per heavy atom. The van der Waals surface area contributed by atoms with E-state index in [1.807, 2.05) is 6.08 Å². The highest BCUT2D eigenvalue weighted by Gasteiger charge is 2.22. The monoisotopic (exact) mass is 758 g/mol. The molecule has 2 aromatic heterocycles. The Morgan fingerprint density at radius 3 is 1.00 bits per heavy atom. The van der Waals surface area contributed by atoms with Crippen LogP contribution < -0.4 is 0 Å². The lowest BCUT2D eigenvalue weighted by molar-refractivity contribution is 0.590. The first-order valence-electron chi connectivity index (χ1n) is 20.8. The zero-order valence-electron chi connectivity index (χ0n) is 36.6. The minimum atomic E-state index is 0.0734. The van der Waals surface area contributed by atoms with Crippen LogP contribution in [-0.2, 0) is 21.7 Å². The molecule has 6 aromatic carbocycles. The molecular weight excluding hydrogens is 701 g/mol. The fraction of sp³-hybridized carbons (Fsp3) is 0.286. The molecule has 8 aromatic rings. The smallest absolute Gasteiger partial charge is 0.0541 e. The van der Waals surface area contributed by atoms with Crippen LogP contribution in [-0.4, -0.2) is 9.13 Å². The lowest BCUT2D eigenvalue weighted by Crippen LogP contribution is -2.10. The summed E-state index contributed by atoms with van der Waals surface area (Å²) in [6, 6.07) is 45.5. The molecule has 0 radical (unpaired) electrons. The van der Waals surface area contributed by atoms with Crippen LogP contribution in [0.25, 0.3) is 61.1 Å². The molecule has 0 saturated heterocycles. The molecule has 0 unspecified atom stereocenters. The molecule has 0 fully saturated rings. The summed E-state index contributed by atoms with van der Waals surface area (Å²) < 4.78 is 4.81. The predicted octanol–water partition coefficient (Wildman–Crippen LogP) is 15.1. The standard InChI is InChI=1S/C56H58N2/c1-53(2,3)39-21-29-49-45(33-39)46-34-40(54(4,5)6)22-30-50(46)57(49)43-25-17-37(18-26-43)15-13-14-16-38-19-27-44(28-20-38)58-51-31-23-41(55(7,8)9)35-47(51)48-36-42(56(10,11)12)24-32-52(48)58/h13,15,17-36H,1-12H3/b15-13-. The summed E-state index contributed by atoms with van der Waals surface area (Å²) in [5.41, 5.74) is 15.0. The molecule has 0 aliphatic carbocycles. The van der Waals surface area contributed by atoms with Crippen LogP contribution in [0, 0.1) is 11.8 Å². The zero-order chi connectivity index (χ0) is 41.4. The van der Waals surface area contributed by atoms with Crippen molar-refractivity contribution < 1.29 is 0 Å². The van der Waals surface area contributed by atoms with Crippen LogP contribution in [0.2, 0.25) is 0 Å². The number of hydrogen-bond acceptors (Lipinski definition) is 0. The van der Waals surface area contributed by atoms with Crippen molar-refractivity contribution in [2.75, 3.05) is 0 Å². The molecular formula is C56H58N2. The van der Waals surface area contributed by atoms with Gasteiger partial charge >= 0.3 is 0 Å². The average Bonchev–Trinajstić information content (AvgIpc) is 3.67. The first kappa shape index (κ1) is 39.1. The maximum absolute atomic E-state index is 3.36. The van der Waals surface area contributed by atoms with E-state index in [0.717, 1.165) is 22.5 Å². The fourth-order valence-electron chi connectivity index (χ4n) is 8.16. The van der Waals surface area contributed by atoms with Crippen molar-refractivity contribution in [1.29, 1.82) is 0 Å². The number of benzene rings is 6. The van der Waals surface area contributed by atoms with Gasteiger partial charge in [0.15, 0.2) is 0 Å². The van der Waals surface area contributed by atoms with Gasteiger partial charge in [-0.1, -0.05) is 131 Å². The van der Waals surface area contributed by atoms with Crippen molar-refractivity contribution in [2.45, 2.75) is 105 Å². The van der Waals surface area contributed by atoms with Gasteiger partial charge in [-0.15, -0.1) is 0 Å². The highest BCUT2D eigenvalue weighted by atomic mass is 15.0. The molecule has 0 aliphatic rings. The van der Waals surface area contributed by atoms with E-state index in [2.05, 4.69) is 231 Å². The van der Waals surface area contributed by atoms with Crippen molar-refractivity contribution in [3.05, 3.63) is 161 Å². The van der Waals surface area contributed by atoms with Crippen molar-refractivity contribution >= 4 is 49.7 Å². The Labute approximate surface area is 346 Å². The zero-order valence-corrected chi connectivity index (χ0v) is 36.6. The first-order valence-corrected chi connectivity index (χ1v) is 20.8. The highest BCUT2D eigenvalue weighted by molar-refractivity contribution is 6.11. The average molecular weight is 759 g/mol. The Bertz CT molecular complexity index is 2790. The molecule has 58 heavy (non-hydrogen) atoms. The van der Waals surface area contributed by atoms with Crippen molar-refractivity contribution in [3.8, 4) is 23.2 Å². The molecule has 8 rings (SSSR count). The third kappa shape index (κ3) is 7.29. The van der Waals surface area contributed by atoms with E-state index in [1.165, 1.54) is 65.9 Å². The van der Waals surface area contributed by atoms with Crippen molar-refractivity contribution in [2.24, 2.45) is 0 Å². The topological polar surface area (TPSA) is 9.86 Å². The molecule has 0 saturated carbocycles. The van der Waals surface area contributed by atoms with E-state index in [4.69, 9.17) is 0 Å². The third-order valence-corrected chi connectivity index (χ3v) is 11.8. The van der Waals surface area contributed by atoms with Gasteiger partial charge in [-0.05, 0) is 147 Å². The van der Waals surface area contributed by atoms with Gasteiger partial charge in [0, 0.05) is 38.5 Å². The lowest BCUT2D eigenvalue weighted by atomic mass is 9.85. The summed E-state index contributed by atoms with van der Waals surface area (Å²) in [5.74, 6) is 6.65. The van der Waals surface area contributed by atoms with Crippen LogP contribution >= 0.6 is 0 Å². The number of hydrogen-bond donors (Lipinski definition) is 0. The van der Waals surface area contributed by atoms with Gasteiger partial charge in [-0.2, -0.15) is 0 Å². The second kappa shape index (κ2) is 14.0. The van der Waals surface area contributed by atoms with Crippen molar-refractivity contribution in [3.63, 3.8) is 0 Å². The number of aromatic nitrogens is 2. The van der Waals surface area contributed by atoms with E-state index in [9.17, 15) is 0 Å². The molecule has 0 spiro atoms. The van der Waals surface area contributed by atoms with Crippen molar-refractivity contribution in [1.82, 2.24) is 9.13 Å². The van der Waals surface area contributed by atoms with Gasteiger partial charge in [0.05, 0.1) is 22.1 Å². The molecule has 292 valence electrons. The number of nitrogens with zero attached hydrogens (tertiary/aromatic N) is 2. The highest BCUT2D eigenvalue weighted by Crippen LogP contribution is 2.39. The molecule has 2 nitrogen and oxygen atoms in total. The van der Waals surface area contributed by atoms with Crippen LogP contribution in [0.1, 0.15) is 116 Å². The summed E-state index contributed by atoms with van der Waals surface area (Å²) >= 11 is 0. The Hall–Kier alpha value is -5.78. The van der Waals surface area contributed by atoms with Crippen LogP contribution in [0.5, 0.6) is 0 Å². The summed E-state index contributed by atoms with van der Waals surface area (Å²) in [6.07, 6.45) is 4.05. The lowest BCUT2D eigenvalue weighted by Gasteiger charge is -2.19. The third-order valence-electron chi connectivity index (χ3n) is 11.8. The molecule has 0 N–H and O–H groups in total. The Kier molecular flexibility index (Phi) is 9.40. The van der Waals surface area contributed by atoms with E-state index in [0.29, 0.717) is 0 Å². The van der Waals surface area contributed by atoms with Gasteiger partial charge in [-0.3, -0.25) is 0 Å². The SMILES string of the molecule is CC(C)(C)c1ccc2c(c1)c1cc(C(C)(C)C)ccc1n2-c1ccc(C#C/C=C\c2ccc(-n3c4ccc(C(C)(C)C)cc4c4cc(C(C)(C)C)ccc43)cc2)cc1. The van der Waals surface area contributed by atoms with E-state index in [1.54, 1.807) is 0 Å².